The number of nitrogens with zero attached hydrogens (tertiary/aromatic N) is 2. The van der Waals surface area contributed by atoms with E-state index in [1.54, 1.807) is 24.3 Å². The maximum absolute atomic E-state index is 13.1. The van der Waals surface area contributed by atoms with Gasteiger partial charge in [0.25, 0.3) is 0 Å². The van der Waals surface area contributed by atoms with Crippen LogP contribution in [-0.4, -0.2) is 25.5 Å². The number of nitrogens with one attached hydrogen (secondary N) is 2. The van der Waals surface area contributed by atoms with Crippen LogP contribution < -0.4 is 15.5 Å². The molecule has 2 N–H and O–H groups in total. The SMILES string of the molecule is N#Cc1ccc(NC(=O)CNc2cc(C(F)(F)F)ccc2N2CCCC2)cc1. The maximum Gasteiger partial charge on any atom is 0.416 e. The second kappa shape index (κ2) is 8.21. The van der Waals surface area contributed by atoms with Gasteiger partial charge in [0.1, 0.15) is 0 Å². The molecule has 1 amide bonds. The number of hydrogen-bond acceptors (Lipinski definition) is 4. The lowest BCUT2D eigenvalue weighted by molar-refractivity contribution is -0.137. The third kappa shape index (κ3) is 4.74. The second-order valence-electron chi connectivity index (χ2n) is 6.51. The fourth-order valence-electron chi connectivity index (χ4n) is 3.10. The summed E-state index contributed by atoms with van der Waals surface area (Å²) in [6.45, 7) is 1.37. The molecule has 1 saturated heterocycles. The molecule has 2 aromatic carbocycles. The molecule has 0 spiro atoms. The summed E-state index contributed by atoms with van der Waals surface area (Å²) in [6.07, 6.45) is -2.48. The van der Waals surface area contributed by atoms with Crippen molar-refractivity contribution >= 4 is 23.0 Å². The average molecular weight is 388 g/mol. The fourth-order valence-corrected chi connectivity index (χ4v) is 3.10. The first-order valence-corrected chi connectivity index (χ1v) is 8.87. The molecule has 0 aliphatic carbocycles. The van der Waals surface area contributed by atoms with Crippen molar-refractivity contribution in [3.63, 3.8) is 0 Å². The van der Waals surface area contributed by atoms with E-state index >= 15 is 0 Å². The van der Waals surface area contributed by atoms with Crippen LogP contribution >= 0.6 is 0 Å². The van der Waals surface area contributed by atoms with Crippen molar-refractivity contribution in [3.8, 4) is 6.07 Å². The predicted molar refractivity (Wildman–Crippen MR) is 101 cm³/mol. The molecule has 1 aliphatic rings. The van der Waals surface area contributed by atoms with Crippen LogP contribution in [0.1, 0.15) is 24.0 Å². The summed E-state index contributed by atoms with van der Waals surface area (Å²) < 4.78 is 39.2. The van der Waals surface area contributed by atoms with Crippen LogP contribution in [0.25, 0.3) is 0 Å². The topological polar surface area (TPSA) is 68.2 Å². The number of amides is 1. The largest absolute Gasteiger partial charge is 0.416 e. The Hall–Kier alpha value is -3.21. The van der Waals surface area contributed by atoms with Gasteiger partial charge >= 0.3 is 6.18 Å². The van der Waals surface area contributed by atoms with Gasteiger partial charge in [-0.3, -0.25) is 4.79 Å². The molecule has 3 rings (SSSR count). The molecule has 2 aromatic rings. The van der Waals surface area contributed by atoms with Gasteiger partial charge in [-0.15, -0.1) is 0 Å². The van der Waals surface area contributed by atoms with Gasteiger partial charge in [-0.2, -0.15) is 18.4 Å². The average Bonchev–Trinajstić information content (AvgIpc) is 3.20. The number of carbonyl (C=O) groups is 1. The molecule has 0 aromatic heterocycles. The van der Waals surface area contributed by atoms with E-state index in [-0.39, 0.29) is 12.2 Å². The monoisotopic (exact) mass is 388 g/mol. The van der Waals surface area contributed by atoms with Crippen molar-refractivity contribution in [2.45, 2.75) is 19.0 Å². The Balaban J connectivity index is 1.72. The van der Waals surface area contributed by atoms with Crippen molar-refractivity contribution in [1.82, 2.24) is 0 Å². The zero-order valence-electron chi connectivity index (χ0n) is 15.0. The fraction of sp³-hybridized carbons (Fsp3) is 0.300. The minimum atomic E-state index is -4.45. The van der Waals surface area contributed by atoms with Crippen LogP contribution in [0.15, 0.2) is 42.5 Å². The number of benzene rings is 2. The molecule has 0 bridgehead atoms. The van der Waals surface area contributed by atoms with Crippen molar-refractivity contribution in [3.05, 3.63) is 53.6 Å². The Bertz CT molecular complexity index is 882. The van der Waals surface area contributed by atoms with Gasteiger partial charge in [-0.05, 0) is 55.3 Å². The molecule has 146 valence electrons. The summed E-state index contributed by atoms with van der Waals surface area (Å²) >= 11 is 0. The highest BCUT2D eigenvalue weighted by Gasteiger charge is 2.31. The van der Waals surface area contributed by atoms with E-state index in [1.165, 1.54) is 6.07 Å². The summed E-state index contributed by atoms with van der Waals surface area (Å²) in [6, 6.07) is 11.9. The van der Waals surface area contributed by atoms with Crippen molar-refractivity contribution < 1.29 is 18.0 Å². The molecule has 0 saturated carbocycles. The number of carbonyl (C=O) groups excluding carboxylic acids is 1. The van der Waals surface area contributed by atoms with E-state index in [2.05, 4.69) is 10.6 Å². The van der Waals surface area contributed by atoms with Crippen LogP contribution in [0.3, 0.4) is 0 Å². The van der Waals surface area contributed by atoms with Crippen LogP contribution in [-0.2, 0) is 11.0 Å². The van der Waals surface area contributed by atoms with E-state index in [0.717, 1.165) is 38.1 Å². The van der Waals surface area contributed by atoms with Crippen molar-refractivity contribution in [1.29, 1.82) is 5.26 Å². The third-order valence-electron chi connectivity index (χ3n) is 4.51. The molecular formula is C20H19F3N4O. The number of anilines is 3. The Labute approximate surface area is 160 Å². The number of rotatable bonds is 5. The van der Waals surface area contributed by atoms with E-state index < -0.39 is 17.6 Å². The summed E-state index contributed by atoms with van der Waals surface area (Å²) in [5.74, 6) is -0.394. The summed E-state index contributed by atoms with van der Waals surface area (Å²) in [5.41, 5.74) is 1.17. The van der Waals surface area contributed by atoms with Crippen LogP contribution in [0.4, 0.5) is 30.2 Å². The molecule has 1 fully saturated rings. The Kier molecular flexibility index (Phi) is 5.73. The van der Waals surface area contributed by atoms with Gasteiger partial charge < -0.3 is 15.5 Å². The molecule has 8 heteroatoms. The zero-order chi connectivity index (χ0) is 20.1. The third-order valence-corrected chi connectivity index (χ3v) is 4.51. The van der Waals surface area contributed by atoms with Gasteiger partial charge in [0.2, 0.25) is 5.91 Å². The highest BCUT2D eigenvalue weighted by molar-refractivity contribution is 5.94. The number of halogens is 3. The first kappa shape index (κ1) is 19.5. The molecule has 1 aliphatic heterocycles. The normalized spacial score (nSPS) is 13.9. The van der Waals surface area contributed by atoms with E-state index in [9.17, 15) is 18.0 Å². The molecule has 0 radical (unpaired) electrons. The number of hydrogen-bond donors (Lipinski definition) is 2. The van der Waals surface area contributed by atoms with Gasteiger partial charge in [-0.1, -0.05) is 0 Å². The molecule has 1 heterocycles. The number of alkyl halides is 3. The van der Waals surface area contributed by atoms with Gasteiger partial charge in [0.15, 0.2) is 0 Å². The minimum absolute atomic E-state index is 0.178. The highest BCUT2D eigenvalue weighted by atomic mass is 19.4. The minimum Gasteiger partial charge on any atom is -0.374 e. The van der Waals surface area contributed by atoms with E-state index in [0.29, 0.717) is 16.9 Å². The molecule has 28 heavy (non-hydrogen) atoms. The quantitative estimate of drug-likeness (QED) is 0.805. The lowest BCUT2D eigenvalue weighted by Crippen LogP contribution is -2.24. The molecule has 0 atom stereocenters. The van der Waals surface area contributed by atoms with Gasteiger partial charge in [0.05, 0.1) is 35.1 Å². The van der Waals surface area contributed by atoms with Crippen LogP contribution in [0.2, 0.25) is 0 Å². The molecular weight excluding hydrogens is 369 g/mol. The first-order valence-electron chi connectivity index (χ1n) is 8.87. The highest BCUT2D eigenvalue weighted by Crippen LogP contribution is 2.36. The van der Waals surface area contributed by atoms with Crippen molar-refractivity contribution in [2.75, 3.05) is 35.2 Å². The summed E-state index contributed by atoms with van der Waals surface area (Å²) in [4.78, 5) is 14.2. The van der Waals surface area contributed by atoms with Crippen molar-refractivity contribution in [2.24, 2.45) is 0 Å². The lowest BCUT2D eigenvalue weighted by Gasteiger charge is -2.23. The lowest BCUT2D eigenvalue weighted by atomic mass is 10.1. The summed E-state index contributed by atoms with van der Waals surface area (Å²) in [7, 11) is 0. The first-order chi connectivity index (χ1) is 13.4. The Morgan fingerprint density at radius 2 is 1.79 bits per heavy atom. The predicted octanol–water partition coefficient (Wildman–Crippen LogP) is 4.23. The van der Waals surface area contributed by atoms with E-state index in [4.69, 9.17) is 5.26 Å². The van der Waals surface area contributed by atoms with Gasteiger partial charge in [0, 0.05) is 18.8 Å². The van der Waals surface area contributed by atoms with Crippen LogP contribution in [0.5, 0.6) is 0 Å². The molecule has 0 unspecified atom stereocenters. The Morgan fingerprint density at radius 1 is 1.11 bits per heavy atom. The Morgan fingerprint density at radius 3 is 2.39 bits per heavy atom. The summed E-state index contributed by atoms with van der Waals surface area (Å²) in [5, 5.41) is 14.3. The van der Waals surface area contributed by atoms with Gasteiger partial charge in [-0.25, -0.2) is 0 Å². The smallest absolute Gasteiger partial charge is 0.374 e. The van der Waals surface area contributed by atoms with E-state index in [1.807, 2.05) is 11.0 Å². The second-order valence-corrected chi connectivity index (χ2v) is 6.51. The number of nitriles is 1. The standard InChI is InChI=1S/C20H19F3N4O/c21-20(22,23)15-5-8-18(27-9-1-2-10-27)17(11-15)25-13-19(28)26-16-6-3-14(12-24)4-7-16/h3-8,11,25H,1-2,9-10,13H2,(H,26,28). The van der Waals surface area contributed by atoms with Crippen LogP contribution in [0, 0.1) is 11.3 Å². The molecule has 5 nitrogen and oxygen atoms in total. The maximum atomic E-state index is 13.1. The zero-order valence-corrected chi connectivity index (χ0v) is 15.0.